The van der Waals surface area contributed by atoms with Crippen LogP contribution in [0, 0.1) is 17.7 Å². The third-order valence-electron chi connectivity index (χ3n) is 2.67. The molecule has 0 aromatic heterocycles. The van der Waals surface area contributed by atoms with Gasteiger partial charge in [-0.15, -0.1) is 11.6 Å². The van der Waals surface area contributed by atoms with Crippen molar-refractivity contribution in [2.75, 3.05) is 5.88 Å². The van der Waals surface area contributed by atoms with E-state index in [1.54, 1.807) is 18.2 Å². The van der Waals surface area contributed by atoms with E-state index in [1.807, 2.05) is 12.1 Å². The molecule has 0 fully saturated rings. The summed E-state index contributed by atoms with van der Waals surface area (Å²) >= 11 is 11.5. The molecule has 0 aliphatic rings. The number of halogens is 3. The summed E-state index contributed by atoms with van der Waals surface area (Å²) in [4.78, 5) is 0. The highest BCUT2D eigenvalue weighted by Gasteiger charge is 2.04. The Labute approximate surface area is 133 Å². The van der Waals surface area contributed by atoms with Crippen LogP contribution in [-0.2, 0) is 6.61 Å². The molecule has 0 atom stereocenters. The fourth-order valence-electron chi connectivity index (χ4n) is 1.71. The van der Waals surface area contributed by atoms with Crippen LogP contribution in [0.3, 0.4) is 0 Å². The topological polar surface area (TPSA) is 9.23 Å². The molecule has 4 heteroatoms. The molecule has 2 aromatic rings. The zero-order valence-corrected chi connectivity index (χ0v) is 12.7. The first-order chi connectivity index (χ1) is 10.2. The number of benzene rings is 2. The molecule has 0 unspecified atom stereocenters. The Bertz CT molecular complexity index is 674. The molecule has 0 aliphatic carbocycles. The van der Waals surface area contributed by atoms with Crippen LogP contribution >= 0.6 is 23.2 Å². The Morgan fingerprint density at radius 1 is 1.14 bits per heavy atom. The first-order valence-corrected chi connectivity index (χ1v) is 7.32. The summed E-state index contributed by atoms with van der Waals surface area (Å²) in [6.45, 7) is 0.300. The molecule has 0 spiro atoms. The minimum atomic E-state index is -0.362. The maximum atomic E-state index is 13.4. The molecule has 108 valence electrons. The van der Waals surface area contributed by atoms with Crippen molar-refractivity contribution in [1.29, 1.82) is 0 Å². The average molecular weight is 323 g/mol. The summed E-state index contributed by atoms with van der Waals surface area (Å²) in [6, 6.07) is 11.6. The normalized spacial score (nSPS) is 9.86. The van der Waals surface area contributed by atoms with Crippen LogP contribution in [0.4, 0.5) is 4.39 Å². The zero-order chi connectivity index (χ0) is 15.1. The van der Waals surface area contributed by atoms with Gasteiger partial charge in [0.15, 0.2) is 0 Å². The van der Waals surface area contributed by atoms with Gasteiger partial charge in [-0.2, -0.15) is 0 Å². The quantitative estimate of drug-likeness (QED) is 0.566. The summed E-state index contributed by atoms with van der Waals surface area (Å²) in [7, 11) is 0. The van der Waals surface area contributed by atoms with Crippen molar-refractivity contribution in [2.45, 2.75) is 13.0 Å². The van der Waals surface area contributed by atoms with Crippen molar-refractivity contribution in [3.8, 4) is 17.6 Å². The fraction of sp³-hybridized carbons (Fsp3) is 0.176. The Morgan fingerprint density at radius 3 is 2.76 bits per heavy atom. The lowest BCUT2D eigenvalue weighted by Crippen LogP contribution is -1.98. The molecule has 21 heavy (non-hydrogen) atoms. The Balaban J connectivity index is 2.15. The minimum Gasteiger partial charge on any atom is -0.487 e. The number of rotatable bonds is 4. The van der Waals surface area contributed by atoms with E-state index in [2.05, 4.69) is 11.8 Å². The molecule has 0 bridgehead atoms. The van der Waals surface area contributed by atoms with E-state index < -0.39 is 0 Å². The molecule has 0 saturated carbocycles. The molecule has 0 aliphatic heterocycles. The largest absolute Gasteiger partial charge is 0.487 e. The van der Waals surface area contributed by atoms with Crippen LogP contribution in [-0.4, -0.2) is 5.88 Å². The van der Waals surface area contributed by atoms with E-state index in [0.29, 0.717) is 35.2 Å². The summed E-state index contributed by atoms with van der Waals surface area (Å²) in [6.07, 6.45) is 0.576. The molecule has 2 aromatic carbocycles. The summed E-state index contributed by atoms with van der Waals surface area (Å²) in [5.41, 5.74) is 1.55. The second-order valence-electron chi connectivity index (χ2n) is 4.30. The highest BCUT2D eigenvalue weighted by molar-refractivity contribution is 6.30. The Morgan fingerprint density at radius 2 is 2.00 bits per heavy atom. The third-order valence-corrected chi connectivity index (χ3v) is 3.09. The summed E-state index contributed by atoms with van der Waals surface area (Å²) < 4.78 is 19.0. The van der Waals surface area contributed by atoms with Gasteiger partial charge in [-0.1, -0.05) is 35.6 Å². The average Bonchev–Trinajstić information content (AvgIpc) is 2.47. The highest BCUT2D eigenvalue weighted by Crippen LogP contribution is 2.21. The lowest BCUT2D eigenvalue weighted by atomic mass is 10.2. The number of hydrogen-bond acceptors (Lipinski definition) is 1. The van der Waals surface area contributed by atoms with Gasteiger partial charge in [0.05, 0.1) is 5.56 Å². The molecular formula is C17H13Cl2FO. The third kappa shape index (κ3) is 4.97. The second-order valence-corrected chi connectivity index (χ2v) is 5.11. The maximum Gasteiger partial charge on any atom is 0.138 e. The molecule has 0 amide bonds. The van der Waals surface area contributed by atoms with Crippen LogP contribution in [0.25, 0.3) is 0 Å². The SMILES string of the molecule is Fc1ccc(C#CCCCl)c(OCc2cccc(Cl)c2)c1. The lowest BCUT2D eigenvalue weighted by molar-refractivity contribution is 0.304. The molecule has 1 nitrogen and oxygen atoms in total. The van der Waals surface area contributed by atoms with Crippen molar-refractivity contribution >= 4 is 23.2 Å². The monoisotopic (exact) mass is 322 g/mol. The molecular weight excluding hydrogens is 310 g/mol. The van der Waals surface area contributed by atoms with Crippen LogP contribution < -0.4 is 4.74 Å². The van der Waals surface area contributed by atoms with Crippen LogP contribution in [0.2, 0.25) is 5.02 Å². The number of ether oxygens (including phenoxy) is 1. The molecule has 0 radical (unpaired) electrons. The summed E-state index contributed by atoms with van der Waals surface area (Å²) in [5, 5.41) is 0.637. The van der Waals surface area contributed by atoms with Gasteiger partial charge in [0.2, 0.25) is 0 Å². The van der Waals surface area contributed by atoms with Crippen molar-refractivity contribution in [1.82, 2.24) is 0 Å². The van der Waals surface area contributed by atoms with E-state index in [-0.39, 0.29) is 5.82 Å². The van der Waals surface area contributed by atoms with Gasteiger partial charge in [0, 0.05) is 23.4 Å². The van der Waals surface area contributed by atoms with Crippen LogP contribution in [0.5, 0.6) is 5.75 Å². The van der Waals surface area contributed by atoms with Gasteiger partial charge in [0.1, 0.15) is 18.2 Å². The lowest BCUT2D eigenvalue weighted by Gasteiger charge is -2.09. The van der Waals surface area contributed by atoms with Gasteiger partial charge < -0.3 is 4.74 Å². The molecule has 2 rings (SSSR count). The molecule has 0 heterocycles. The van der Waals surface area contributed by atoms with Crippen LogP contribution in [0.15, 0.2) is 42.5 Å². The van der Waals surface area contributed by atoms with Gasteiger partial charge in [0.25, 0.3) is 0 Å². The Kier molecular flexibility index (Phi) is 5.92. The number of hydrogen-bond donors (Lipinski definition) is 0. The van der Waals surface area contributed by atoms with Gasteiger partial charge in [-0.25, -0.2) is 4.39 Å². The molecule has 0 N–H and O–H groups in total. The van der Waals surface area contributed by atoms with E-state index >= 15 is 0 Å². The van der Waals surface area contributed by atoms with E-state index in [1.165, 1.54) is 12.1 Å². The predicted molar refractivity (Wildman–Crippen MR) is 84.4 cm³/mol. The second kappa shape index (κ2) is 7.93. The molecule has 0 saturated heterocycles. The Hall–Kier alpha value is -1.69. The minimum absolute atomic E-state index is 0.300. The maximum absolute atomic E-state index is 13.4. The van der Waals surface area contributed by atoms with Gasteiger partial charge in [-0.05, 0) is 29.8 Å². The fourth-order valence-corrected chi connectivity index (χ4v) is 2.02. The van der Waals surface area contributed by atoms with Crippen molar-refractivity contribution < 1.29 is 9.13 Å². The van der Waals surface area contributed by atoms with Crippen LogP contribution in [0.1, 0.15) is 17.5 Å². The van der Waals surface area contributed by atoms with Crippen molar-refractivity contribution in [2.24, 2.45) is 0 Å². The highest BCUT2D eigenvalue weighted by atomic mass is 35.5. The van der Waals surface area contributed by atoms with E-state index in [0.717, 1.165) is 5.56 Å². The number of alkyl halides is 1. The first-order valence-electron chi connectivity index (χ1n) is 6.40. The van der Waals surface area contributed by atoms with Crippen molar-refractivity contribution in [3.63, 3.8) is 0 Å². The zero-order valence-electron chi connectivity index (χ0n) is 11.2. The van der Waals surface area contributed by atoms with Gasteiger partial charge >= 0.3 is 0 Å². The predicted octanol–water partition coefficient (Wildman–Crippen LogP) is 5.04. The van der Waals surface area contributed by atoms with E-state index in [9.17, 15) is 4.39 Å². The van der Waals surface area contributed by atoms with E-state index in [4.69, 9.17) is 27.9 Å². The van der Waals surface area contributed by atoms with Gasteiger partial charge in [-0.3, -0.25) is 0 Å². The first kappa shape index (κ1) is 15.7. The smallest absolute Gasteiger partial charge is 0.138 e. The summed E-state index contributed by atoms with van der Waals surface area (Å²) in [5.74, 6) is 6.37. The standard InChI is InChI=1S/C17H13Cl2FO/c18-9-2-1-5-14-7-8-16(20)11-17(14)21-12-13-4-3-6-15(19)10-13/h3-4,6-8,10-11H,2,9,12H2. The van der Waals surface area contributed by atoms with Crippen molar-refractivity contribution in [3.05, 3.63) is 64.4 Å².